The van der Waals surface area contributed by atoms with E-state index >= 15 is 0 Å². The van der Waals surface area contributed by atoms with Crippen molar-refractivity contribution in [3.8, 4) is 0 Å². The number of hydrogen-bond acceptors (Lipinski definition) is 2. The Morgan fingerprint density at radius 3 is 2.24 bits per heavy atom. The molecule has 5 aliphatic rings. The third kappa shape index (κ3) is 2.52. The molecule has 5 fully saturated rings. The molecular formula is C18H29NO2. The second kappa shape index (κ2) is 4.97. The Bertz CT molecular complexity index is 396. The first-order chi connectivity index (χ1) is 10.0. The van der Waals surface area contributed by atoms with Crippen molar-refractivity contribution in [2.45, 2.75) is 64.4 Å². The third-order valence-electron chi connectivity index (χ3n) is 6.95. The van der Waals surface area contributed by atoms with Gasteiger partial charge in [0.2, 0.25) is 5.91 Å². The third-order valence-corrected chi connectivity index (χ3v) is 6.95. The predicted molar refractivity (Wildman–Crippen MR) is 81.6 cm³/mol. The Balaban J connectivity index is 1.41. The van der Waals surface area contributed by atoms with E-state index in [2.05, 4.69) is 0 Å². The minimum atomic E-state index is -0.276. The van der Waals surface area contributed by atoms with Crippen molar-refractivity contribution in [3.63, 3.8) is 0 Å². The van der Waals surface area contributed by atoms with E-state index in [-0.39, 0.29) is 6.10 Å². The number of aliphatic hydroxyl groups excluding tert-OH is 1. The van der Waals surface area contributed by atoms with Crippen LogP contribution in [0.4, 0.5) is 0 Å². The van der Waals surface area contributed by atoms with Gasteiger partial charge in [0.1, 0.15) is 0 Å². The standard InChI is InChI=1S/C18H29NO2/c1-12(20)16-2-3-19(11-16)17(21)10-18-7-13-4-14(8-18)6-15(5-13)9-18/h12-16,20H,2-11H2,1H3. The average Bonchev–Trinajstić information content (AvgIpc) is 2.85. The summed E-state index contributed by atoms with van der Waals surface area (Å²) in [7, 11) is 0. The van der Waals surface area contributed by atoms with E-state index in [4.69, 9.17) is 0 Å². The zero-order valence-corrected chi connectivity index (χ0v) is 13.3. The fraction of sp³-hybridized carbons (Fsp3) is 0.944. The van der Waals surface area contributed by atoms with Gasteiger partial charge in [-0.1, -0.05) is 0 Å². The molecule has 0 radical (unpaired) electrons. The summed E-state index contributed by atoms with van der Waals surface area (Å²) in [6, 6.07) is 0. The molecule has 0 aromatic heterocycles. The molecule has 3 heteroatoms. The van der Waals surface area contributed by atoms with Gasteiger partial charge in [0.05, 0.1) is 6.10 Å². The van der Waals surface area contributed by atoms with E-state index in [1.165, 1.54) is 38.5 Å². The first-order valence-electron chi connectivity index (χ1n) is 8.99. The number of carbonyl (C=O) groups excluding carboxylic acids is 1. The molecule has 1 amide bonds. The van der Waals surface area contributed by atoms with Crippen LogP contribution in [0.2, 0.25) is 0 Å². The monoisotopic (exact) mass is 291 g/mol. The maximum atomic E-state index is 12.7. The maximum absolute atomic E-state index is 12.7. The summed E-state index contributed by atoms with van der Waals surface area (Å²) < 4.78 is 0. The molecule has 4 saturated carbocycles. The molecule has 1 N–H and O–H groups in total. The first-order valence-corrected chi connectivity index (χ1v) is 8.99. The summed E-state index contributed by atoms with van der Waals surface area (Å²) in [5.74, 6) is 3.44. The average molecular weight is 291 g/mol. The molecule has 21 heavy (non-hydrogen) atoms. The minimum Gasteiger partial charge on any atom is -0.393 e. The van der Waals surface area contributed by atoms with Crippen LogP contribution in [-0.4, -0.2) is 35.1 Å². The van der Waals surface area contributed by atoms with Crippen molar-refractivity contribution in [1.29, 1.82) is 0 Å². The quantitative estimate of drug-likeness (QED) is 0.868. The van der Waals surface area contributed by atoms with E-state index in [0.717, 1.165) is 43.7 Å². The molecule has 1 heterocycles. The molecular weight excluding hydrogens is 262 g/mol. The Morgan fingerprint density at radius 1 is 1.19 bits per heavy atom. The van der Waals surface area contributed by atoms with Crippen molar-refractivity contribution in [2.75, 3.05) is 13.1 Å². The molecule has 3 nitrogen and oxygen atoms in total. The SMILES string of the molecule is CC(O)C1CCN(C(=O)CC23CC4CC(CC(C4)C2)C3)C1. The van der Waals surface area contributed by atoms with Gasteiger partial charge in [-0.15, -0.1) is 0 Å². The molecule has 0 aromatic rings. The summed E-state index contributed by atoms with van der Waals surface area (Å²) in [4.78, 5) is 14.8. The summed E-state index contributed by atoms with van der Waals surface area (Å²) in [5, 5.41) is 9.72. The fourth-order valence-electron chi connectivity index (χ4n) is 6.35. The topological polar surface area (TPSA) is 40.5 Å². The normalized spacial score (nSPS) is 46.1. The van der Waals surface area contributed by atoms with Gasteiger partial charge in [0, 0.05) is 25.4 Å². The number of hydrogen-bond donors (Lipinski definition) is 1. The van der Waals surface area contributed by atoms with E-state index in [1.54, 1.807) is 0 Å². The van der Waals surface area contributed by atoms with Gasteiger partial charge < -0.3 is 10.0 Å². The lowest BCUT2D eigenvalue weighted by Crippen LogP contribution is -2.48. The number of amides is 1. The van der Waals surface area contributed by atoms with Crippen molar-refractivity contribution < 1.29 is 9.90 Å². The Labute approximate surface area is 128 Å². The second-order valence-electron chi connectivity index (χ2n) is 8.72. The van der Waals surface area contributed by atoms with Gasteiger partial charge >= 0.3 is 0 Å². The van der Waals surface area contributed by atoms with Gasteiger partial charge in [-0.05, 0) is 75.0 Å². The van der Waals surface area contributed by atoms with Crippen LogP contribution in [0.3, 0.4) is 0 Å². The molecule has 2 atom stereocenters. The van der Waals surface area contributed by atoms with Crippen LogP contribution in [0, 0.1) is 29.1 Å². The van der Waals surface area contributed by atoms with Gasteiger partial charge in [-0.3, -0.25) is 4.79 Å². The highest BCUT2D eigenvalue weighted by Crippen LogP contribution is 2.61. The number of likely N-dealkylation sites (tertiary alicyclic amines) is 1. The van der Waals surface area contributed by atoms with Gasteiger partial charge in [0.25, 0.3) is 0 Å². The predicted octanol–water partition coefficient (Wildman–Crippen LogP) is 2.82. The van der Waals surface area contributed by atoms with E-state index in [9.17, 15) is 9.90 Å². The van der Waals surface area contributed by atoms with Crippen LogP contribution in [0.15, 0.2) is 0 Å². The van der Waals surface area contributed by atoms with Gasteiger partial charge in [-0.2, -0.15) is 0 Å². The number of aliphatic hydroxyl groups is 1. The lowest BCUT2D eigenvalue weighted by Gasteiger charge is -2.56. The molecule has 4 aliphatic carbocycles. The molecule has 0 aromatic carbocycles. The van der Waals surface area contributed by atoms with Crippen LogP contribution in [0.5, 0.6) is 0 Å². The largest absolute Gasteiger partial charge is 0.393 e. The van der Waals surface area contributed by atoms with Crippen LogP contribution < -0.4 is 0 Å². The van der Waals surface area contributed by atoms with Gasteiger partial charge in [0.15, 0.2) is 0 Å². The molecule has 2 unspecified atom stereocenters. The maximum Gasteiger partial charge on any atom is 0.223 e. The van der Waals surface area contributed by atoms with Crippen molar-refractivity contribution in [2.24, 2.45) is 29.1 Å². The molecule has 118 valence electrons. The van der Waals surface area contributed by atoms with Crippen molar-refractivity contribution in [3.05, 3.63) is 0 Å². The number of carbonyl (C=O) groups is 1. The number of nitrogens with zero attached hydrogens (tertiary/aromatic N) is 1. The lowest BCUT2D eigenvalue weighted by molar-refractivity contribution is -0.138. The molecule has 0 spiro atoms. The zero-order valence-electron chi connectivity index (χ0n) is 13.3. The van der Waals surface area contributed by atoms with Crippen molar-refractivity contribution >= 4 is 5.91 Å². The molecule has 1 saturated heterocycles. The highest BCUT2D eigenvalue weighted by atomic mass is 16.3. The van der Waals surface area contributed by atoms with E-state index in [1.807, 2.05) is 11.8 Å². The van der Waals surface area contributed by atoms with Gasteiger partial charge in [-0.25, -0.2) is 0 Å². The van der Waals surface area contributed by atoms with E-state index in [0.29, 0.717) is 17.2 Å². The lowest BCUT2D eigenvalue weighted by atomic mass is 9.49. The smallest absolute Gasteiger partial charge is 0.223 e. The molecule has 1 aliphatic heterocycles. The summed E-state index contributed by atoms with van der Waals surface area (Å²) in [6.45, 7) is 3.50. The number of rotatable bonds is 3. The van der Waals surface area contributed by atoms with Crippen LogP contribution in [0.25, 0.3) is 0 Å². The summed E-state index contributed by atoms with van der Waals surface area (Å²) in [5.41, 5.74) is 0.356. The zero-order chi connectivity index (χ0) is 14.6. The Morgan fingerprint density at radius 2 is 1.76 bits per heavy atom. The highest BCUT2D eigenvalue weighted by Gasteiger charge is 2.51. The van der Waals surface area contributed by atoms with Crippen molar-refractivity contribution in [1.82, 2.24) is 4.90 Å². The summed E-state index contributed by atoms with van der Waals surface area (Å²) in [6.07, 6.45) is 9.79. The highest BCUT2D eigenvalue weighted by molar-refractivity contribution is 5.77. The fourth-order valence-corrected chi connectivity index (χ4v) is 6.35. The van der Waals surface area contributed by atoms with E-state index < -0.39 is 0 Å². The van der Waals surface area contributed by atoms with Crippen LogP contribution >= 0.6 is 0 Å². The first kappa shape index (κ1) is 14.0. The molecule has 5 rings (SSSR count). The van der Waals surface area contributed by atoms with Crippen LogP contribution in [-0.2, 0) is 4.79 Å². The Hall–Kier alpha value is -0.570. The van der Waals surface area contributed by atoms with Crippen LogP contribution in [0.1, 0.15) is 58.3 Å². The molecule has 4 bridgehead atoms. The second-order valence-corrected chi connectivity index (χ2v) is 8.72. The summed E-state index contributed by atoms with van der Waals surface area (Å²) >= 11 is 0. The minimum absolute atomic E-state index is 0.276. The Kier molecular flexibility index (Phi) is 3.33.